The molecule has 0 spiro atoms. The Bertz CT molecular complexity index is 646. The summed E-state index contributed by atoms with van der Waals surface area (Å²) in [6, 6.07) is 2.37. The molecule has 27 heavy (non-hydrogen) atoms. The number of hydrogen-bond donors (Lipinski definition) is 3. The predicted octanol–water partition coefficient (Wildman–Crippen LogP) is 1.80. The lowest BCUT2D eigenvalue weighted by Gasteiger charge is -2.21. The van der Waals surface area contributed by atoms with E-state index >= 15 is 0 Å². The van der Waals surface area contributed by atoms with Gasteiger partial charge in [0, 0.05) is 0 Å². The topological polar surface area (TPSA) is 113 Å². The van der Waals surface area contributed by atoms with Crippen molar-refractivity contribution >= 4 is 17.9 Å². The highest BCUT2D eigenvalue weighted by Gasteiger charge is 2.21. The predicted molar refractivity (Wildman–Crippen MR) is 99.8 cm³/mol. The standard InChI is InChI=1S/C18H30N4O5/c1-7-22(8-2)11-13-9-10-14(26-13)16(24)21-20-15(23)12(3)19-17(25)27-18(4,5)6/h9-10,12H,7-8,11H2,1-6H3,(H,19,25)(H,20,23)(H,21,24). The smallest absolute Gasteiger partial charge is 0.408 e. The minimum absolute atomic E-state index is 0.0882. The van der Waals surface area contributed by atoms with E-state index in [4.69, 9.17) is 9.15 Å². The van der Waals surface area contributed by atoms with Crippen LogP contribution < -0.4 is 16.2 Å². The monoisotopic (exact) mass is 382 g/mol. The van der Waals surface area contributed by atoms with Gasteiger partial charge in [-0.3, -0.25) is 25.3 Å². The van der Waals surface area contributed by atoms with E-state index in [0.29, 0.717) is 12.3 Å². The number of ether oxygens (including phenoxy) is 1. The minimum Gasteiger partial charge on any atom is -0.454 e. The van der Waals surface area contributed by atoms with E-state index in [1.165, 1.54) is 6.92 Å². The summed E-state index contributed by atoms with van der Waals surface area (Å²) in [6.45, 7) is 13.1. The molecule has 0 radical (unpaired) electrons. The zero-order valence-corrected chi connectivity index (χ0v) is 16.8. The quantitative estimate of drug-likeness (QED) is 0.620. The number of nitrogens with zero attached hydrogens (tertiary/aromatic N) is 1. The lowest BCUT2D eigenvalue weighted by molar-refractivity contribution is -0.123. The molecule has 1 aromatic rings. The Morgan fingerprint density at radius 3 is 2.33 bits per heavy atom. The zero-order valence-electron chi connectivity index (χ0n) is 16.8. The third-order valence-corrected chi connectivity index (χ3v) is 3.59. The fourth-order valence-corrected chi connectivity index (χ4v) is 2.09. The third kappa shape index (κ3) is 8.12. The third-order valence-electron chi connectivity index (χ3n) is 3.59. The Hall–Kier alpha value is -2.55. The van der Waals surface area contributed by atoms with Gasteiger partial charge in [0.15, 0.2) is 5.76 Å². The van der Waals surface area contributed by atoms with Crippen LogP contribution in [0.1, 0.15) is 57.9 Å². The van der Waals surface area contributed by atoms with Crippen molar-refractivity contribution in [2.45, 2.75) is 59.7 Å². The van der Waals surface area contributed by atoms with Gasteiger partial charge in [0.1, 0.15) is 17.4 Å². The highest BCUT2D eigenvalue weighted by Crippen LogP contribution is 2.10. The Balaban J connectivity index is 2.48. The van der Waals surface area contributed by atoms with Gasteiger partial charge in [-0.15, -0.1) is 0 Å². The van der Waals surface area contributed by atoms with Gasteiger partial charge < -0.3 is 14.5 Å². The van der Waals surface area contributed by atoms with Crippen molar-refractivity contribution < 1.29 is 23.5 Å². The van der Waals surface area contributed by atoms with Gasteiger partial charge in [-0.1, -0.05) is 13.8 Å². The number of hydrazine groups is 1. The van der Waals surface area contributed by atoms with Crippen LogP contribution in [0.5, 0.6) is 0 Å². The first-order valence-electron chi connectivity index (χ1n) is 8.96. The Kier molecular flexibility index (Phi) is 8.30. The maximum atomic E-state index is 12.1. The molecule has 0 aliphatic rings. The molecule has 152 valence electrons. The van der Waals surface area contributed by atoms with Crippen LogP contribution in [0.25, 0.3) is 0 Å². The molecule has 1 atom stereocenters. The van der Waals surface area contributed by atoms with Crippen LogP contribution in [0, 0.1) is 0 Å². The van der Waals surface area contributed by atoms with Gasteiger partial charge in [0.05, 0.1) is 6.54 Å². The van der Waals surface area contributed by atoms with Crippen molar-refractivity contribution in [1.29, 1.82) is 0 Å². The van der Waals surface area contributed by atoms with E-state index in [1.54, 1.807) is 32.9 Å². The van der Waals surface area contributed by atoms with E-state index < -0.39 is 29.6 Å². The first-order chi connectivity index (χ1) is 12.6. The summed E-state index contributed by atoms with van der Waals surface area (Å²) in [6.07, 6.45) is -0.719. The summed E-state index contributed by atoms with van der Waals surface area (Å²) < 4.78 is 10.6. The van der Waals surface area contributed by atoms with Crippen molar-refractivity contribution in [2.24, 2.45) is 0 Å². The summed E-state index contributed by atoms with van der Waals surface area (Å²) in [5, 5.41) is 2.38. The van der Waals surface area contributed by atoms with E-state index in [-0.39, 0.29) is 5.76 Å². The average Bonchev–Trinajstić information content (AvgIpc) is 3.03. The molecule has 1 heterocycles. The lowest BCUT2D eigenvalue weighted by Crippen LogP contribution is -2.51. The van der Waals surface area contributed by atoms with Crippen LogP contribution in [0.2, 0.25) is 0 Å². The molecular formula is C18H30N4O5. The van der Waals surface area contributed by atoms with Crippen molar-refractivity contribution in [2.75, 3.05) is 13.1 Å². The lowest BCUT2D eigenvalue weighted by atomic mass is 10.2. The number of amides is 3. The van der Waals surface area contributed by atoms with Crippen molar-refractivity contribution in [3.8, 4) is 0 Å². The molecule has 0 saturated carbocycles. The van der Waals surface area contributed by atoms with Crippen molar-refractivity contribution in [3.05, 3.63) is 23.7 Å². The van der Waals surface area contributed by atoms with Crippen LogP contribution in [0.4, 0.5) is 4.79 Å². The number of carbonyl (C=O) groups is 3. The molecule has 0 fully saturated rings. The Morgan fingerprint density at radius 1 is 1.15 bits per heavy atom. The molecule has 9 heteroatoms. The van der Waals surface area contributed by atoms with Crippen LogP contribution in [-0.2, 0) is 16.1 Å². The van der Waals surface area contributed by atoms with E-state index in [1.807, 2.05) is 13.8 Å². The van der Waals surface area contributed by atoms with E-state index in [2.05, 4.69) is 21.1 Å². The normalized spacial score (nSPS) is 12.4. The van der Waals surface area contributed by atoms with Gasteiger partial charge in [-0.2, -0.15) is 0 Å². The minimum atomic E-state index is -0.894. The molecular weight excluding hydrogens is 352 g/mol. The first kappa shape index (κ1) is 22.5. The summed E-state index contributed by atoms with van der Waals surface area (Å²) in [4.78, 5) is 37.8. The number of furan rings is 1. The molecule has 3 N–H and O–H groups in total. The molecule has 1 aromatic heterocycles. The van der Waals surface area contributed by atoms with Gasteiger partial charge in [-0.25, -0.2) is 4.79 Å². The second-order valence-electron chi connectivity index (χ2n) is 7.04. The molecule has 3 amide bonds. The average molecular weight is 382 g/mol. The van der Waals surface area contributed by atoms with E-state index in [0.717, 1.165) is 13.1 Å². The zero-order chi connectivity index (χ0) is 20.6. The molecule has 1 rings (SSSR count). The summed E-state index contributed by atoms with van der Waals surface area (Å²) in [5.74, 6) is -0.428. The fraction of sp³-hybridized carbons (Fsp3) is 0.611. The number of rotatable bonds is 7. The largest absolute Gasteiger partial charge is 0.454 e. The molecule has 1 unspecified atom stereocenters. The van der Waals surface area contributed by atoms with Gasteiger partial charge in [-0.05, 0) is 52.9 Å². The van der Waals surface area contributed by atoms with Crippen molar-refractivity contribution in [3.63, 3.8) is 0 Å². The number of hydrogen-bond acceptors (Lipinski definition) is 6. The molecule has 9 nitrogen and oxygen atoms in total. The molecule has 0 aliphatic heterocycles. The van der Waals surface area contributed by atoms with Gasteiger partial charge in [0.2, 0.25) is 0 Å². The number of nitrogens with one attached hydrogen (secondary N) is 3. The number of alkyl carbamates (subject to hydrolysis) is 1. The summed E-state index contributed by atoms with van der Waals surface area (Å²) >= 11 is 0. The van der Waals surface area contributed by atoms with E-state index in [9.17, 15) is 14.4 Å². The van der Waals surface area contributed by atoms with Gasteiger partial charge in [0.25, 0.3) is 5.91 Å². The van der Waals surface area contributed by atoms with Crippen LogP contribution in [0.15, 0.2) is 16.5 Å². The maximum Gasteiger partial charge on any atom is 0.408 e. The van der Waals surface area contributed by atoms with Crippen LogP contribution in [-0.4, -0.2) is 47.5 Å². The van der Waals surface area contributed by atoms with Gasteiger partial charge >= 0.3 is 12.0 Å². The highest BCUT2D eigenvalue weighted by atomic mass is 16.6. The van der Waals surface area contributed by atoms with Crippen molar-refractivity contribution in [1.82, 2.24) is 21.1 Å². The highest BCUT2D eigenvalue weighted by molar-refractivity contribution is 5.94. The molecule has 0 aliphatic carbocycles. The number of carbonyl (C=O) groups excluding carboxylic acids is 3. The second-order valence-corrected chi connectivity index (χ2v) is 7.04. The Morgan fingerprint density at radius 2 is 1.78 bits per heavy atom. The summed E-state index contributed by atoms with van der Waals surface area (Å²) in [7, 11) is 0. The fourth-order valence-electron chi connectivity index (χ4n) is 2.09. The molecule has 0 aromatic carbocycles. The maximum absolute atomic E-state index is 12.1. The SMILES string of the molecule is CCN(CC)Cc1ccc(C(=O)NNC(=O)C(C)NC(=O)OC(C)(C)C)o1. The van der Waals surface area contributed by atoms with Crippen LogP contribution in [0.3, 0.4) is 0 Å². The summed E-state index contributed by atoms with van der Waals surface area (Å²) in [5.41, 5.74) is 3.83. The second kappa shape index (κ2) is 9.96. The molecule has 0 bridgehead atoms. The Labute approximate surface area is 159 Å². The molecule has 0 saturated heterocycles. The first-order valence-corrected chi connectivity index (χ1v) is 8.96. The van der Waals surface area contributed by atoms with Crippen LogP contribution >= 0.6 is 0 Å².